The van der Waals surface area contributed by atoms with E-state index < -0.39 is 24.3 Å². The molecule has 4 N–H and O–H groups in total. The molecular weight excluding hydrogens is 781 g/mol. The third-order valence-corrected chi connectivity index (χ3v) is 12.9. The van der Waals surface area contributed by atoms with E-state index in [1.54, 1.807) is 11.8 Å². The molecule has 2 aromatic heterocycles. The summed E-state index contributed by atoms with van der Waals surface area (Å²) in [5.74, 6) is 1.09. The summed E-state index contributed by atoms with van der Waals surface area (Å²) in [6.07, 6.45) is 8.38. The number of carbonyl (C=O) groups is 4. The van der Waals surface area contributed by atoms with Crippen LogP contribution in [0.3, 0.4) is 0 Å². The van der Waals surface area contributed by atoms with Gasteiger partial charge in [0, 0.05) is 23.9 Å². The molecule has 5 aromatic rings. The molecule has 0 bridgehead atoms. The van der Waals surface area contributed by atoms with Crippen molar-refractivity contribution in [3.8, 4) is 33.6 Å². The molecule has 4 amide bonds. The largest absolute Gasteiger partial charge is 0.453 e. The van der Waals surface area contributed by atoms with Gasteiger partial charge in [0.05, 0.1) is 50.1 Å². The maximum Gasteiger partial charge on any atom is 0.407 e. The van der Waals surface area contributed by atoms with Crippen molar-refractivity contribution in [1.29, 1.82) is 0 Å². The normalized spacial score (nSPS) is 19.8. The SMILES string of the molecule is COC(=O)N[C@H](C(=O)N1CCC[C@H]1c1ncc(-c2ccc3cc(-c4ccc(-c5cnc([C@@H]6CCCN6C(=O)[C@H](NC(=O)OC)C6CC=CS6)[nH]5)cc4)ccc3c2)[nH]1)C(C)C. The van der Waals surface area contributed by atoms with Crippen LogP contribution in [0, 0.1) is 5.92 Å². The summed E-state index contributed by atoms with van der Waals surface area (Å²) in [5.41, 5.74) is 5.89. The Bertz CT molecular complexity index is 2400. The van der Waals surface area contributed by atoms with E-state index in [1.165, 1.54) is 14.2 Å². The van der Waals surface area contributed by atoms with E-state index in [2.05, 4.69) is 81.3 Å². The lowest BCUT2D eigenvalue weighted by atomic mass is 9.98. The molecule has 1 unspecified atom stereocenters. The van der Waals surface area contributed by atoms with E-state index in [0.29, 0.717) is 19.5 Å². The first-order valence-corrected chi connectivity index (χ1v) is 21.4. The second-order valence-corrected chi connectivity index (χ2v) is 17.0. The van der Waals surface area contributed by atoms with Crippen LogP contribution in [0.2, 0.25) is 0 Å². The molecule has 3 aliphatic heterocycles. The summed E-state index contributed by atoms with van der Waals surface area (Å²) in [7, 11) is 2.60. The van der Waals surface area contributed by atoms with Gasteiger partial charge < -0.3 is 39.9 Å². The van der Waals surface area contributed by atoms with Crippen LogP contribution in [0.1, 0.15) is 69.7 Å². The van der Waals surface area contributed by atoms with Crippen LogP contribution in [0.5, 0.6) is 0 Å². The molecule has 0 spiro atoms. The number of imidazole rings is 2. The molecule has 3 aliphatic rings. The molecule has 0 radical (unpaired) electrons. The summed E-state index contributed by atoms with van der Waals surface area (Å²) in [5, 5.41) is 9.56. The Morgan fingerprint density at radius 3 is 1.83 bits per heavy atom. The van der Waals surface area contributed by atoms with Crippen molar-refractivity contribution < 1.29 is 28.7 Å². The van der Waals surface area contributed by atoms with Gasteiger partial charge >= 0.3 is 12.2 Å². The number of benzene rings is 3. The number of allylic oxidation sites excluding steroid dienone is 1. The Labute approximate surface area is 352 Å². The van der Waals surface area contributed by atoms with Gasteiger partial charge in [0.1, 0.15) is 23.7 Å². The number of methoxy groups -OCH3 is 2. The fraction of sp³-hybridized carbons (Fsp3) is 0.378. The Kier molecular flexibility index (Phi) is 12.0. The average Bonchev–Trinajstić information content (AvgIpc) is 4.13. The van der Waals surface area contributed by atoms with Crippen LogP contribution in [0.25, 0.3) is 44.4 Å². The van der Waals surface area contributed by atoms with Crippen LogP contribution in [-0.2, 0) is 19.1 Å². The minimum absolute atomic E-state index is 0.0855. The molecule has 2 fully saturated rings. The summed E-state index contributed by atoms with van der Waals surface area (Å²) in [4.78, 5) is 71.7. The highest BCUT2D eigenvalue weighted by Gasteiger charge is 2.40. The quantitative estimate of drug-likeness (QED) is 0.104. The first-order chi connectivity index (χ1) is 29.1. The zero-order valence-electron chi connectivity index (χ0n) is 34.1. The Morgan fingerprint density at radius 2 is 1.25 bits per heavy atom. The second kappa shape index (κ2) is 17.6. The third-order valence-electron chi connectivity index (χ3n) is 11.8. The smallest absolute Gasteiger partial charge is 0.407 e. The summed E-state index contributed by atoms with van der Waals surface area (Å²) in [6.45, 7) is 5.00. The first-order valence-electron chi connectivity index (χ1n) is 20.5. The lowest BCUT2D eigenvalue weighted by Crippen LogP contribution is -2.53. The van der Waals surface area contributed by atoms with Crippen molar-refractivity contribution in [3.05, 3.63) is 96.2 Å². The third kappa shape index (κ3) is 8.35. The number of ether oxygens (including phenoxy) is 2. The van der Waals surface area contributed by atoms with Crippen molar-refractivity contribution in [2.75, 3.05) is 27.3 Å². The monoisotopic (exact) mass is 830 g/mol. The van der Waals surface area contributed by atoms with Crippen LogP contribution >= 0.6 is 11.8 Å². The number of aromatic nitrogens is 4. The zero-order valence-corrected chi connectivity index (χ0v) is 35.0. The molecule has 312 valence electrons. The number of aromatic amines is 2. The minimum Gasteiger partial charge on any atom is -0.453 e. The number of likely N-dealkylation sites (tertiary alicyclic amines) is 2. The van der Waals surface area contributed by atoms with Crippen molar-refractivity contribution in [3.63, 3.8) is 0 Å². The number of nitrogens with zero attached hydrogens (tertiary/aromatic N) is 4. The molecule has 0 aliphatic carbocycles. The standard InChI is InChI=1S/C45H50N8O6S/c1-26(2)38(50-44(56)58-3)42(54)52-19-5-8-35(52)41-47-25-34(49-41)32-18-17-30-22-29(15-16-31(30)23-32)27-11-13-28(14-12-27)33-24-46-40(48-33)36-9-6-20-53(36)43(55)39(51-45(57)59-4)37-10-7-21-60-37/h7,11-18,21-26,35-39H,5-6,8-10,19-20H2,1-4H3,(H,46,48)(H,47,49)(H,50,56)(H,51,57)/t35-,36-,37?,38-,39+/m0/s1. The van der Waals surface area contributed by atoms with Gasteiger partial charge in [-0.1, -0.05) is 68.5 Å². The van der Waals surface area contributed by atoms with Crippen LogP contribution < -0.4 is 10.6 Å². The van der Waals surface area contributed by atoms with Crippen molar-refractivity contribution >= 4 is 46.5 Å². The topological polar surface area (TPSA) is 175 Å². The predicted molar refractivity (Wildman–Crippen MR) is 231 cm³/mol. The van der Waals surface area contributed by atoms with Crippen molar-refractivity contribution in [2.45, 2.75) is 75.4 Å². The van der Waals surface area contributed by atoms with Gasteiger partial charge in [-0.15, -0.1) is 11.8 Å². The highest BCUT2D eigenvalue weighted by Crippen LogP contribution is 2.37. The van der Waals surface area contributed by atoms with Gasteiger partial charge in [-0.2, -0.15) is 0 Å². The minimum atomic E-state index is -0.696. The number of hydrogen-bond donors (Lipinski definition) is 4. The number of nitrogens with one attached hydrogen (secondary N) is 4. The number of alkyl carbamates (subject to hydrolysis) is 2. The van der Waals surface area contributed by atoms with E-state index in [1.807, 2.05) is 47.5 Å². The van der Waals surface area contributed by atoms with Gasteiger partial charge in [-0.3, -0.25) is 9.59 Å². The molecule has 0 saturated carbocycles. The first kappa shape index (κ1) is 40.7. The molecule has 5 atom stereocenters. The predicted octanol–water partition coefficient (Wildman–Crippen LogP) is 7.74. The number of rotatable bonds is 11. The molecule has 8 rings (SSSR count). The maximum absolute atomic E-state index is 13.9. The van der Waals surface area contributed by atoms with Crippen molar-refractivity contribution in [2.24, 2.45) is 5.92 Å². The van der Waals surface area contributed by atoms with Crippen LogP contribution in [0.15, 0.2) is 84.5 Å². The van der Waals surface area contributed by atoms with E-state index in [9.17, 15) is 19.2 Å². The molecule has 5 heterocycles. The Hall–Kier alpha value is -6.09. The Balaban J connectivity index is 0.936. The molecular formula is C45H50N8O6S. The number of hydrogen-bond acceptors (Lipinski definition) is 9. The average molecular weight is 831 g/mol. The second-order valence-electron chi connectivity index (χ2n) is 15.9. The van der Waals surface area contributed by atoms with Gasteiger partial charge in [0.25, 0.3) is 0 Å². The van der Waals surface area contributed by atoms with Gasteiger partial charge in [-0.25, -0.2) is 19.6 Å². The fourth-order valence-corrected chi connectivity index (χ4v) is 9.53. The van der Waals surface area contributed by atoms with Crippen LogP contribution in [-0.4, -0.2) is 98.4 Å². The molecule has 15 heteroatoms. The molecule has 3 aromatic carbocycles. The van der Waals surface area contributed by atoms with Crippen LogP contribution in [0.4, 0.5) is 9.59 Å². The van der Waals surface area contributed by atoms with Gasteiger partial charge in [-0.05, 0) is 83.0 Å². The highest BCUT2D eigenvalue weighted by molar-refractivity contribution is 8.03. The molecule has 14 nitrogen and oxygen atoms in total. The Morgan fingerprint density at radius 1 is 0.717 bits per heavy atom. The van der Waals surface area contributed by atoms with E-state index >= 15 is 0 Å². The summed E-state index contributed by atoms with van der Waals surface area (Å²) >= 11 is 1.55. The maximum atomic E-state index is 13.9. The molecule has 2 saturated heterocycles. The van der Waals surface area contributed by atoms with Gasteiger partial charge in [0.15, 0.2) is 0 Å². The zero-order chi connectivity index (χ0) is 41.9. The fourth-order valence-electron chi connectivity index (χ4n) is 8.54. The number of H-pyrrole nitrogens is 2. The molecule has 60 heavy (non-hydrogen) atoms. The van der Waals surface area contributed by atoms with Gasteiger partial charge in [0.2, 0.25) is 11.8 Å². The lowest BCUT2D eigenvalue weighted by molar-refractivity contribution is -0.135. The van der Waals surface area contributed by atoms with E-state index in [4.69, 9.17) is 19.4 Å². The number of thioether (sulfide) groups is 1. The summed E-state index contributed by atoms with van der Waals surface area (Å²) < 4.78 is 9.61. The summed E-state index contributed by atoms with van der Waals surface area (Å²) in [6, 6.07) is 19.3. The number of carbonyl (C=O) groups excluding carboxylic acids is 4. The van der Waals surface area contributed by atoms with Crippen molar-refractivity contribution in [1.82, 2.24) is 40.4 Å². The van der Waals surface area contributed by atoms with E-state index in [-0.39, 0.29) is 35.1 Å². The van der Waals surface area contributed by atoms with E-state index in [0.717, 1.165) is 81.7 Å². The lowest BCUT2D eigenvalue weighted by Gasteiger charge is -2.30. The highest BCUT2D eigenvalue weighted by atomic mass is 32.2. The number of fused-ring (bicyclic) bond motifs is 1. The number of amides is 4.